The van der Waals surface area contributed by atoms with Crippen LogP contribution in [0.3, 0.4) is 0 Å². The zero-order chi connectivity index (χ0) is 12.0. The fraction of sp³-hybridized carbons (Fsp3) is 0.417. The average Bonchev–Trinajstić information content (AvgIpc) is 2.28. The number of anilines is 1. The number of benzene rings is 1. The fourth-order valence-electron chi connectivity index (χ4n) is 1.39. The van der Waals surface area contributed by atoms with E-state index >= 15 is 0 Å². The van der Waals surface area contributed by atoms with Crippen molar-refractivity contribution >= 4 is 17.3 Å². The lowest BCUT2D eigenvalue weighted by Gasteiger charge is -2.17. The van der Waals surface area contributed by atoms with E-state index in [0.29, 0.717) is 17.2 Å². The van der Waals surface area contributed by atoms with E-state index in [1.807, 2.05) is 12.1 Å². The Morgan fingerprint density at radius 2 is 2.31 bits per heavy atom. The van der Waals surface area contributed by atoms with Gasteiger partial charge in [0.25, 0.3) is 0 Å². The summed E-state index contributed by atoms with van der Waals surface area (Å²) in [5.41, 5.74) is 1.40. The van der Waals surface area contributed by atoms with Crippen LogP contribution in [0, 0.1) is 11.3 Å². The van der Waals surface area contributed by atoms with Crippen LogP contribution >= 0.6 is 11.6 Å². The van der Waals surface area contributed by atoms with Crippen LogP contribution in [0.5, 0.6) is 0 Å². The van der Waals surface area contributed by atoms with Gasteiger partial charge in [-0.05, 0) is 24.6 Å². The van der Waals surface area contributed by atoms with Crippen LogP contribution in [-0.2, 0) is 4.74 Å². The zero-order valence-corrected chi connectivity index (χ0v) is 10.2. The maximum Gasteiger partial charge on any atom is 0.101 e. The summed E-state index contributed by atoms with van der Waals surface area (Å²) >= 11 is 5.94. The molecule has 1 N–H and O–H groups in total. The number of nitrogens with zero attached hydrogens (tertiary/aromatic N) is 1. The van der Waals surface area contributed by atoms with Crippen molar-refractivity contribution in [1.29, 1.82) is 5.26 Å². The second-order valence-electron chi connectivity index (χ2n) is 3.51. The van der Waals surface area contributed by atoms with Crippen molar-refractivity contribution in [3.63, 3.8) is 0 Å². The Bertz CT molecular complexity index is 387. The van der Waals surface area contributed by atoms with Crippen molar-refractivity contribution in [2.75, 3.05) is 19.0 Å². The lowest BCUT2D eigenvalue weighted by atomic mass is 10.2. The topological polar surface area (TPSA) is 45.0 Å². The highest BCUT2D eigenvalue weighted by molar-refractivity contribution is 6.32. The molecule has 0 saturated heterocycles. The molecule has 0 aromatic heterocycles. The number of nitriles is 1. The van der Waals surface area contributed by atoms with Crippen LogP contribution in [-0.4, -0.2) is 19.8 Å². The summed E-state index contributed by atoms with van der Waals surface area (Å²) in [7, 11) is 1.68. The number of rotatable bonds is 5. The predicted molar refractivity (Wildman–Crippen MR) is 65.7 cm³/mol. The molecule has 0 aliphatic heterocycles. The van der Waals surface area contributed by atoms with Gasteiger partial charge in [0.15, 0.2) is 0 Å². The van der Waals surface area contributed by atoms with Crippen LogP contribution in [0.1, 0.15) is 18.9 Å². The Morgan fingerprint density at radius 3 is 2.81 bits per heavy atom. The highest BCUT2D eigenvalue weighted by Crippen LogP contribution is 2.21. The summed E-state index contributed by atoms with van der Waals surface area (Å²) in [4.78, 5) is 0. The second-order valence-corrected chi connectivity index (χ2v) is 3.92. The molecule has 0 saturated carbocycles. The summed E-state index contributed by atoms with van der Waals surface area (Å²) in [5.74, 6) is 0. The van der Waals surface area contributed by atoms with Gasteiger partial charge in [-0.2, -0.15) is 5.26 Å². The van der Waals surface area contributed by atoms with Gasteiger partial charge < -0.3 is 10.1 Å². The van der Waals surface area contributed by atoms with E-state index in [1.165, 1.54) is 0 Å². The number of halogens is 1. The van der Waals surface area contributed by atoms with Gasteiger partial charge in [0, 0.05) is 18.8 Å². The van der Waals surface area contributed by atoms with Gasteiger partial charge >= 0.3 is 0 Å². The Kier molecular flexibility index (Phi) is 5.10. The van der Waals surface area contributed by atoms with Crippen molar-refractivity contribution in [1.82, 2.24) is 0 Å². The van der Waals surface area contributed by atoms with Gasteiger partial charge in [-0.3, -0.25) is 0 Å². The summed E-state index contributed by atoms with van der Waals surface area (Å²) in [5, 5.41) is 12.5. The van der Waals surface area contributed by atoms with E-state index < -0.39 is 0 Å². The van der Waals surface area contributed by atoms with Crippen LogP contribution in [0.2, 0.25) is 5.02 Å². The van der Waals surface area contributed by atoms with Crippen LogP contribution in [0.4, 0.5) is 5.69 Å². The molecule has 1 aromatic carbocycles. The minimum Gasteiger partial charge on any atom is -0.383 e. The van der Waals surface area contributed by atoms with E-state index in [-0.39, 0.29) is 6.04 Å². The molecule has 0 bridgehead atoms. The maximum atomic E-state index is 8.75. The van der Waals surface area contributed by atoms with Crippen LogP contribution in [0.25, 0.3) is 0 Å². The molecular weight excluding hydrogens is 224 g/mol. The number of methoxy groups -OCH3 is 1. The second kappa shape index (κ2) is 6.37. The summed E-state index contributed by atoms with van der Waals surface area (Å²) in [6, 6.07) is 7.61. The van der Waals surface area contributed by atoms with E-state index in [1.54, 1.807) is 19.2 Å². The monoisotopic (exact) mass is 238 g/mol. The van der Waals surface area contributed by atoms with Gasteiger partial charge in [-0.25, -0.2) is 0 Å². The van der Waals surface area contributed by atoms with Gasteiger partial charge in [0.2, 0.25) is 0 Å². The molecule has 0 aliphatic rings. The van der Waals surface area contributed by atoms with Crippen LogP contribution in [0.15, 0.2) is 18.2 Å². The molecular formula is C12H15ClN2O. The smallest absolute Gasteiger partial charge is 0.101 e. The minimum absolute atomic E-state index is 0.258. The Balaban J connectivity index is 2.74. The van der Waals surface area contributed by atoms with Crippen molar-refractivity contribution in [3.05, 3.63) is 28.8 Å². The molecule has 0 heterocycles. The Labute approximate surface area is 101 Å². The molecule has 1 unspecified atom stereocenters. The molecule has 0 radical (unpaired) electrons. The molecule has 1 aromatic rings. The number of hydrogen-bond donors (Lipinski definition) is 1. The molecule has 4 heteroatoms. The molecule has 1 rings (SSSR count). The first-order valence-corrected chi connectivity index (χ1v) is 5.54. The van der Waals surface area contributed by atoms with E-state index in [9.17, 15) is 0 Å². The Morgan fingerprint density at radius 1 is 1.56 bits per heavy atom. The van der Waals surface area contributed by atoms with Crippen molar-refractivity contribution in [2.24, 2.45) is 0 Å². The molecule has 86 valence electrons. The lowest BCUT2D eigenvalue weighted by molar-refractivity contribution is 0.184. The summed E-state index contributed by atoms with van der Waals surface area (Å²) < 4.78 is 5.09. The standard InChI is InChI=1S/C12H15ClN2O/c1-3-10(8-16-2)15-11-5-4-9(7-14)12(13)6-11/h4-6,10,15H,3,8H2,1-2H3. The molecule has 0 spiro atoms. The average molecular weight is 239 g/mol. The molecule has 0 fully saturated rings. The number of hydrogen-bond acceptors (Lipinski definition) is 3. The third kappa shape index (κ3) is 3.41. The molecule has 1 atom stereocenters. The van der Waals surface area contributed by atoms with E-state index in [4.69, 9.17) is 21.6 Å². The highest BCUT2D eigenvalue weighted by Gasteiger charge is 2.07. The minimum atomic E-state index is 0.258. The first-order valence-electron chi connectivity index (χ1n) is 5.16. The molecule has 0 amide bonds. The summed E-state index contributed by atoms with van der Waals surface area (Å²) in [6.07, 6.45) is 0.964. The van der Waals surface area contributed by atoms with Gasteiger partial charge in [0.05, 0.1) is 17.2 Å². The Hall–Kier alpha value is -1.24. The quantitative estimate of drug-likeness (QED) is 0.858. The van der Waals surface area contributed by atoms with E-state index in [0.717, 1.165) is 12.1 Å². The SMILES string of the molecule is CCC(COC)Nc1ccc(C#N)c(Cl)c1. The van der Waals surface area contributed by atoms with Crippen molar-refractivity contribution in [3.8, 4) is 6.07 Å². The molecule has 16 heavy (non-hydrogen) atoms. The lowest BCUT2D eigenvalue weighted by Crippen LogP contribution is -2.23. The van der Waals surface area contributed by atoms with Crippen molar-refractivity contribution < 1.29 is 4.74 Å². The number of ether oxygens (including phenoxy) is 1. The highest BCUT2D eigenvalue weighted by atomic mass is 35.5. The number of nitrogens with one attached hydrogen (secondary N) is 1. The van der Waals surface area contributed by atoms with E-state index in [2.05, 4.69) is 12.2 Å². The first-order chi connectivity index (χ1) is 7.71. The molecule has 3 nitrogen and oxygen atoms in total. The predicted octanol–water partition coefficient (Wildman–Crippen LogP) is 3.05. The van der Waals surface area contributed by atoms with Gasteiger partial charge in [-0.1, -0.05) is 18.5 Å². The third-order valence-electron chi connectivity index (χ3n) is 2.32. The van der Waals surface area contributed by atoms with Crippen molar-refractivity contribution in [2.45, 2.75) is 19.4 Å². The van der Waals surface area contributed by atoms with Gasteiger partial charge in [-0.15, -0.1) is 0 Å². The third-order valence-corrected chi connectivity index (χ3v) is 2.63. The fourth-order valence-corrected chi connectivity index (χ4v) is 1.62. The molecule has 0 aliphatic carbocycles. The van der Waals surface area contributed by atoms with Gasteiger partial charge in [0.1, 0.15) is 6.07 Å². The largest absolute Gasteiger partial charge is 0.383 e. The normalized spacial score (nSPS) is 11.9. The first kappa shape index (κ1) is 12.8. The maximum absolute atomic E-state index is 8.75. The zero-order valence-electron chi connectivity index (χ0n) is 9.46. The summed E-state index contributed by atoms with van der Waals surface area (Å²) in [6.45, 7) is 2.73. The van der Waals surface area contributed by atoms with Crippen LogP contribution < -0.4 is 5.32 Å².